The molecular formula is C17H22ClNO3. The second-order valence-corrected chi connectivity index (χ2v) is 6.70. The fraction of sp³-hybridized carbons (Fsp3) is 0.588. The number of nitrogens with one attached hydrogen (secondary N) is 1. The highest BCUT2D eigenvalue weighted by molar-refractivity contribution is 6.30. The molecule has 2 fully saturated rings. The Morgan fingerprint density at radius 2 is 2.00 bits per heavy atom. The minimum atomic E-state index is -0.472. The lowest BCUT2D eigenvalue weighted by Crippen LogP contribution is -2.39. The van der Waals surface area contributed by atoms with Crippen LogP contribution in [-0.4, -0.2) is 36.9 Å². The van der Waals surface area contributed by atoms with Crippen molar-refractivity contribution in [2.45, 2.75) is 31.3 Å². The van der Waals surface area contributed by atoms with E-state index in [4.69, 9.17) is 16.3 Å². The molecule has 2 aliphatic rings. The maximum atomic E-state index is 12.2. The number of aliphatic hydroxyl groups excluding tert-OH is 1. The number of rotatable bonds is 5. The summed E-state index contributed by atoms with van der Waals surface area (Å²) in [5, 5.41) is 13.8. The number of carbonyl (C=O) groups is 1. The summed E-state index contributed by atoms with van der Waals surface area (Å²) in [5.74, 6) is 0.604. The molecule has 1 aromatic carbocycles. The molecular weight excluding hydrogens is 302 g/mol. The molecule has 0 radical (unpaired) electrons. The minimum absolute atomic E-state index is 0.0306. The maximum absolute atomic E-state index is 12.2. The van der Waals surface area contributed by atoms with E-state index in [0.29, 0.717) is 24.8 Å². The van der Waals surface area contributed by atoms with Crippen molar-refractivity contribution in [3.63, 3.8) is 0 Å². The Morgan fingerprint density at radius 3 is 2.68 bits per heavy atom. The molecule has 0 bridgehead atoms. The Bertz CT molecular complexity index is 513. The van der Waals surface area contributed by atoms with Crippen LogP contribution >= 0.6 is 11.6 Å². The molecule has 0 spiro atoms. The zero-order valence-corrected chi connectivity index (χ0v) is 13.3. The number of benzene rings is 1. The van der Waals surface area contributed by atoms with Crippen molar-refractivity contribution >= 4 is 17.5 Å². The second kappa shape index (κ2) is 6.99. The smallest absolute Gasteiger partial charge is 0.223 e. The van der Waals surface area contributed by atoms with E-state index in [1.165, 1.54) is 0 Å². The SMILES string of the molecule is O=C(NCC(O)C1CCOCC1)C1CC1c1ccc(Cl)cc1. The van der Waals surface area contributed by atoms with Gasteiger partial charge < -0.3 is 15.2 Å². The van der Waals surface area contributed by atoms with Gasteiger partial charge in [-0.2, -0.15) is 0 Å². The van der Waals surface area contributed by atoms with Crippen LogP contribution in [0, 0.1) is 11.8 Å². The fourth-order valence-electron chi connectivity index (χ4n) is 3.17. The lowest BCUT2D eigenvalue weighted by Gasteiger charge is -2.26. The van der Waals surface area contributed by atoms with Gasteiger partial charge in [-0.1, -0.05) is 23.7 Å². The number of carbonyl (C=O) groups excluding carboxylic acids is 1. The largest absolute Gasteiger partial charge is 0.391 e. The summed E-state index contributed by atoms with van der Waals surface area (Å²) in [6, 6.07) is 7.69. The third-order valence-corrected chi connectivity index (χ3v) is 4.97. The summed E-state index contributed by atoms with van der Waals surface area (Å²) in [6.07, 6.45) is 2.14. The van der Waals surface area contributed by atoms with Gasteiger partial charge in [0.25, 0.3) is 0 Å². The lowest BCUT2D eigenvalue weighted by molar-refractivity contribution is -0.123. The third kappa shape index (κ3) is 3.80. The molecule has 120 valence electrons. The molecule has 0 aromatic heterocycles. The monoisotopic (exact) mass is 323 g/mol. The van der Waals surface area contributed by atoms with Crippen LogP contribution in [0.15, 0.2) is 24.3 Å². The average Bonchev–Trinajstić information content (AvgIpc) is 3.34. The molecule has 2 N–H and O–H groups in total. The van der Waals surface area contributed by atoms with Crippen molar-refractivity contribution in [1.82, 2.24) is 5.32 Å². The molecule has 3 unspecified atom stereocenters. The Labute approximate surface area is 135 Å². The van der Waals surface area contributed by atoms with E-state index >= 15 is 0 Å². The highest BCUT2D eigenvalue weighted by Gasteiger charge is 2.43. The second-order valence-electron chi connectivity index (χ2n) is 6.26. The van der Waals surface area contributed by atoms with Crippen molar-refractivity contribution in [3.8, 4) is 0 Å². The van der Waals surface area contributed by atoms with E-state index in [1.807, 2.05) is 24.3 Å². The van der Waals surface area contributed by atoms with Gasteiger partial charge in [-0.15, -0.1) is 0 Å². The normalized spacial score (nSPS) is 26.5. The highest BCUT2D eigenvalue weighted by Crippen LogP contribution is 2.47. The van der Waals surface area contributed by atoms with E-state index < -0.39 is 6.10 Å². The zero-order valence-electron chi connectivity index (χ0n) is 12.5. The first-order valence-electron chi connectivity index (χ1n) is 7.94. The number of hydrogen-bond acceptors (Lipinski definition) is 3. The standard InChI is InChI=1S/C17H22ClNO3/c18-13-3-1-11(2-4-13)14-9-15(14)17(21)19-10-16(20)12-5-7-22-8-6-12/h1-4,12,14-16,20H,5-10H2,(H,19,21). The van der Waals surface area contributed by atoms with Gasteiger partial charge in [-0.05, 0) is 48.8 Å². The van der Waals surface area contributed by atoms with Crippen LogP contribution in [0.25, 0.3) is 0 Å². The summed E-state index contributed by atoms with van der Waals surface area (Å²) in [5.41, 5.74) is 1.16. The quantitative estimate of drug-likeness (QED) is 0.874. The van der Waals surface area contributed by atoms with Gasteiger partial charge in [-0.3, -0.25) is 4.79 Å². The van der Waals surface area contributed by atoms with Crippen LogP contribution in [0.2, 0.25) is 5.02 Å². The molecule has 22 heavy (non-hydrogen) atoms. The molecule has 3 atom stereocenters. The fourth-order valence-corrected chi connectivity index (χ4v) is 3.29. The van der Waals surface area contributed by atoms with Gasteiger partial charge in [0.1, 0.15) is 0 Å². The molecule has 1 saturated heterocycles. The van der Waals surface area contributed by atoms with E-state index in [0.717, 1.165) is 24.8 Å². The highest BCUT2D eigenvalue weighted by atomic mass is 35.5. The van der Waals surface area contributed by atoms with Crippen LogP contribution in [0.4, 0.5) is 0 Å². The van der Waals surface area contributed by atoms with Gasteiger partial charge in [0, 0.05) is 30.7 Å². The van der Waals surface area contributed by atoms with Gasteiger partial charge in [0.05, 0.1) is 6.10 Å². The molecule has 1 amide bonds. The zero-order chi connectivity index (χ0) is 15.5. The van der Waals surface area contributed by atoms with Crippen LogP contribution in [0.5, 0.6) is 0 Å². The molecule has 1 aromatic rings. The van der Waals surface area contributed by atoms with Crippen molar-refractivity contribution < 1.29 is 14.6 Å². The summed E-state index contributed by atoms with van der Waals surface area (Å²) < 4.78 is 5.29. The Morgan fingerprint density at radius 1 is 1.32 bits per heavy atom. The Balaban J connectivity index is 1.44. The van der Waals surface area contributed by atoms with E-state index in [1.54, 1.807) is 0 Å². The minimum Gasteiger partial charge on any atom is -0.391 e. The van der Waals surface area contributed by atoms with E-state index in [-0.39, 0.29) is 23.7 Å². The average molecular weight is 324 g/mol. The summed E-state index contributed by atoms with van der Waals surface area (Å²) in [6.45, 7) is 1.75. The van der Waals surface area contributed by atoms with E-state index in [9.17, 15) is 9.90 Å². The number of aliphatic hydroxyl groups is 1. The molecule has 3 rings (SSSR count). The molecule has 4 nitrogen and oxygen atoms in total. The molecule has 1 saturated carbocycles. The molecule has 1 aliphatic heterocycles. The van der Waals surface area contributed by atoms with E-state index in [2.05, 4.69) is 5.32 Å². The number of ether oxygens (including phenoxy) is 1. The van der Waals surface area contributed by atoms with Gasteiger partial charge >= 0.3 is 0 Å². The van der Waals surface area contributed by atoms with Gasteiger partial charge in [0.2, 0.25) is 5.91 Å². The van der Waals surface area contributed by atoms with Crippen molar-refractivity contribution in [2.75, 3.05) is 19.8 Å². The van der Waals surface area contributed by atoms with Crippen molar-refractivity contribution in [1.29, 1.82) is 0 Å². The topological polar surface area (TPSA) is 58.6 Å². The Kier molecular flexibility index (Phi) is 5.01. The van der Waals surface area contributed by atoms with Crippen molar-refractivity contribution in [3.05, 3.63) is 34.9 Å². The van der Waals surface area contributed by atoms with Crippen molar-refractivity contribution in [2.24, 2.45) is 11.8 Å². The number of halogens is 1. The van der Waals surface area contributed by atoms with Crippen LogP contribution in [0.1, 0.15) is 30.7 Å². The summed E-state index contributed by atoms with van der Waals surface area (Å²) >= 11 is 5.88. The van der Waals surface area contributed by atoms with Crippen LogP contribution in [0.3, 0.4) is 0 Å². The third-order valence-electron chi connectivity index (χ3n) is 4.72. The van der Waals surface area contributed by atoms with Gasteiger partial charge in [0.15, 0.2) is 0 Å². The summed E-state index contributed by atoms with van der Waals surface area (Å²) in [7, 11) is 0. The first kappa shape index (κ1) is 15.8. The molecule has 1 aliphatic carbocycles. The first-order valence-corrected chi connectivity index (χ1v) is 8.32. The first-order chi connectivity index (χ1) is 10.6. The lowest BCUT2D eigenvalue weighted by atomic mass is 9.94. The van der Waals surface area contributed by atoms with Crippen LogP contribution < -0.4 is 5.32 Å². The summed E-state index contributed by atoms with van der Waals surface area (Å²) in [4.78, 5) is 12.2. The predicted molar refractivity (Wildman–Crippen MR) is 84.9 cm³/mol. The number of hydrogen-bond donors (Lipinski definition) is 2. The molecule has 5 heteroatoms. The molecule has 1 heterocycles. The maximum Gasteiger partial charge on any atom is 0.223 e. The van der Waals surface area contributed by atoms with Gasteiger partial charge in [-0.25, -0.2) is 0 Å². The Hall–Kier alpha value is -1.10. The van der Waals surface area contributed by atoms with Crippen LogP contribution in [-0.2, 0) is 9.53 Å². The predicted octanol–water partition coefficient (Wildman–Crippen LogP) is 2.35. The number of amides is 1.